The number of nitrogens with zero attached hydrogens (tertiary/aromatic N) is 3. The summed E-state index contributed by atoms with van der Waals surface area (Å²) in [6.07, 6.45) is 2.05. The number of aryl methyl sites for hydroxylation is 1. The molecule has 1 amide bonds. The van der Waals surface area contributed by atoms with Crippen molar-refractivity contribution in [2.24, 2.45) is 0 Å². The molecule has 0 saturated heterocycles. The quantitative estimate of drug-likeness (QED) is 0.435. The summed E-state index contributed by atoms with van der Waals surface area (Å²) in [7, 11) is 0. The number of nitrogens with one attached hydrogen (secondary N) is 1. The number of rotatable bonds is 7. The maximum atomic E-state index is 12.2. The molecule has 0 aliphatic heterocycles. The Kier molecular flexibility index (Phi) is 6.21. The van der Waals surface area contributed by atoms with Crippen molar-refractivity contribution in [1.29, 1.82) is 0 Å². The molecule has 24 heavy (non-hydrogen) atoms. The van der Waals surface area contributed by atoms with E-state index in [4.69, 9.17) is 10.6 Å². The van der Waals surface area contributed by atoms with Crippen LogP contribution in [0.4, 0.5) is 5.00 Å². The molecule has 0 aliphatic carbocycles. The van der Waals surface area contributed by atoms with E-state index in [1.54, 1.807) is 6.92 Å². The van der Waals surface area contributed by atoms with Gasteiger partial charge in [0.25, 0.3) is 0 Å². The Morgan fingerprint density at radius 3 is 2.79 bits per heavy atom. The predicted molar refractivity (Wildman–Crippen MR) is 93.9 cm³/mol. The summed E-state index contributed by atoms with van der Waals surface area (Å²) in [6.45, 7) is 5.92. The first kappa shape index (κ1) is 18.3. The van der Waals surface area contributed by atoms with Crippen LogP contribution in [0.15, 0.2) is 11.5 Å². The summed E-state index contributed by atoms with van der Waals surface area (Å²) in [5, 5.41) is 11.2. The van der Waals surface area contributed by atoms with Crippen LogP contribution in [0.25, 0.3) is 0 Å². The van der Waals surface area contributed by atoms with Crippen LogP contribution in [0.2, 0.25) is 0 Å². The molecular formula is C14H19N5O3S2. The van der Waals surface area contributed by atoms with Crippen molar-refractivity contribution >= 4 is 40.0 Å². The molecule has 3 N–H and O–H groups in total. The fourth-order valence-electron chi connectivity index (χ4n) is 2.14. The second kappa shape index (κ2) is 8.15. The van der Waals surface area contributed by atoms with E-state index >= 15 is 0 Å². The molecule has 0 saturated carbocycles. The zero-order valence-electron chi connectivity index (χ0n) is 13.7. The maximum absolute atomic E-state index is 12.2. The molecule has 2 heterocycles. The van der Waals surface area contributed by atoms with E-state index in [1.165, 1.54) is 22.3 Å². The van der Waals surface area contributed by atoms with Crippen molar-refractivity contribution in [3.05, 3.63) is 22.3 Å². The molecule has 0 aromatic carbocycles. The molecule has 0 bridgehead atoms. The highest BCUT2D eigenvalue weighted by Gasteiger charge is 2.23. The van der Waals surface area contributed by atoms with Gasteiger partial charge >= 0.3 is 5.97 Å². The number of carbonyl (C=O) groups is 2. The number of hydrogen-bond acceptors (Lipinski definition) is 8. The van der Waals surface area contributed by atoms with Gasteiger partial charge in [-0.05, 0) is 25.8 Å². The molecule has 0 spiro atoms. The molecule has 2 rings (SSSR count). The van der Waals surface area contributed by atoms with Crippen LogP contribution < -0.4 is 11.2 Å². The molecule has 8 nitrogen and oxygen atoms in total. The molecule has 2 aromatic heterocycles. The fourth-order valence-corrected chi connectivity index (χ4v) is 3.92. The van der Waals surface area contributed by atoms with Gasteiger partial charge in [0.2, 0.25) is 11.1 Å². The van der Waals surface area contributed by atoms with Gasteiger partial charge in [-0.25, -0.2) is 9.47 Å². The van der Waals surface area contributed by atoms with E-state index < -0.39 is 5.97 Å². The van der Waals surface area contributed by atoms with E-state index in [2.05, 4.69) is 15.5 Å². The minimum Gasteiger partial charge on any atom is -0.462 e. The summed E-state index contributed by atoms with van der Waals surface area (Å²) >= 11 is 2.54. The third-order valence-electron chi connectivity index (χ3n) is 3.17. The molecule has 0 atom stereocenters. The van der Waals surface area contributed by atoms with Crippen LogP contribution in [0.1, 0.15) is 34.6 Å². The molecule has 0 aliphatic rings. The van der Waals surface area contributed by atoms with E-state index in [0.717, 1.165) is 22.2 Å². The van der Waals surface area contributed by atoms with Crippen LogP contribution in [-0.4, -0.2) is 39.1 Å². The van der Waals surface area contributed by atoms with Crippen LogP contribution in [-0.2, 0) is 16.0 Å². The van der Waals surface area contributed by atoms with Crippen LogP contribution in [0.5, 0.6) is 0 Å². The van der Waals surface area contributed by atoms with E-state index in [0.29, 0.717) is 22.1 Å². The maximum Gasteiger partial charge on any atom is 0.341 e. The second-order valence-corrected chi connectivity index (χ2v) is 6.94. The Balaban J connectivity index is 2.12. The monoisotopic (exact) mass is 369 g/mol. The van der Waals surface area contributed by atoms with Gasteiger partial charge < -0.3 is 15.9 Å². The Labute approximate surface area is 147 Å². The number of anilines is 1. The molecule has 0 unspecified atom stereocenters. The predicted octanol–water partition coefficient (Wildman–Crippen LogP) is 1.83. The Morgan fingerprint density at radius 2 is 2.21 bits per heavy atom. The number of carbonyl (C=O) groups excluding carboxylic acids is 2. The van der Waals surface area contributed by atoms with E-state index in [-0.39, 0.29) is 18.3 Å². The summed E-state index contributed by atoms with van der Waals surface area (Å²) in [6, 6.07) is 0. The summed E-state index contributed by atoms with van der Waals surface area (Å²) in [5.41, 5.74) is 1.35. The minimum absolute atomic E-state index is 0.108. The molecule has 0 fully saturated rings. The summed E-state index contributed by atoms with van der Waals surface area (Å²) in [5.74, 6) is 5.04. The van der Waals surface area contributed by atoms with Crippen LogP contribution in [0.3, 0.4) is 0 Å². The summed E-state index contributed by atoms with van der Waals surface area (Å²) in [4.78, 5) is 25.4. The number of amides is 1. The zero-order chi connectivity index (χ0) is 17.7. The number of hydrogen-bond donors (Lipinski definition) is 2. The highest BCUT2D eigenvalue weighted by atomic mass is 32.2. The van der Waals surface area contributed by atoms with Crippen molar-refractivity contribution in [2.45, 2.75) is 32.3 Å². The Morgan fingerprint density at radius 1 is 1.46 bits per heavy atom. The number of thiophene rings is 1. The van der Waals surface area contributed by atoms with Gasteiger partial charge in [0, 0.05) is 4.88 Å². The number of nitrogen functional groups attached to an aromatic ring is 1. The van der Waals surface area contributed by atoms with Crippen molar-refractivity contribution < 1.29 is 14.3 Å². The number of esters is 1. The number of ether oxygens (including phenoxy) is 1. The van der Waals surface area contributed by atoms with Gasteiger partial charge in [-0.15, -0.1) is 21.5 Å². The van der Waals surface area contributed by atoms with Crippen LogP contribution >= 0.6 is 23.1 Å². The van der Waals surface area contributed by atoms with Gasteiger partial charge in [0.05, 0.1) is 17.9 Å². The zero-order valence-corrected chi connectivity index (χ0v) is 15.3. The molecule has 0 radical (unpaired) electrons. The van der Waals surface area contributed by atoms with E-state index in [9.17, 15) is 9.59 Å². The van der Waals surface area contributed by atoms with Crippen molar-refractivity contribution in [1.82, 2.24) is 14.9 Å². The van der Waals surface area contributed by atoms with Gasteiger partial charge in [-0.3, -0.25) is 4.79 Å². The molecule has 10 heteroatoms. The van der Waals surface area contributed by atoms with Gasteiger partial charge in [0.15, 0.2) is 0 Å². The van der Waals surface area contributed by atoms with Crippen molar-refractivity contribution in [3.63, 3.8) is 0 Å². The standard InChI is InChI=1S/C14H19N5O3S2/c1-4-9-8(3)24-12(11(9)13(21)22-5-2)17-10(20)6-23-14-18-16-7-19(14)15/h7H,4-6,15H2,1-3H3,(H,17,20). The van der Waals surface area contributed by atoms with Crippen molar-refractivity contribution in [2.75, 3.05) is 23.5 Å². The molecular weight excluding hydrogens is 350 g/mol. The fraction of sp³-hybridized carbons (Fsp3) is 0.429. The lowest BCUT2D eigenvalue weighted by Crippen LogP contribution is -2.17. The van der Waals surface area contributed by atoms with Gasteiger partial charge in [-0.2, -0.15) is 0 Å². The summed E-state index contributed by atoms with van der Waals surface area (Å²) < 4.78 is 6.36. The van der Waals surface area contributed by atoms with Gasteiger partial charge in [0.1, 0.15) is 11.3 Å². The topological polar surface area (TPSA) is 112 Å². The third kappa shape index (κ3) is 4.06. The third-order valence-corrected chi connectivity index (χ3v) is 5.19. The lowest BCUT2D eigenvalue weighted by Gasteiger charge is -2.07. The second-order valence-electron chi connectivity index (χ2n) is 4.77. The van der Waals surface area contributed by atoms with Crippen LogP contribution in [0, 0.1) is 6.92 Å². The Hall–Kier alpha value is -2.07. The normalized spacial score (nSPS) is 10.6. The van der Waals surface area contributed by atoms with Crippen molar-refractivity contribution in [3.8, 4) is 0 Å². The largest absolute Gasteiger partial charge is 0.462 e. The molecule has 2 aromatic rings. The first-order valence-corrected chi connectivity index (χ1v) is 9.15. The lowest BCUT2D eigenvalue weighted by atomic mass is 10.1. The lowest BCUT2D eigenvalue weighted by molar-refractivity contribution is -0.113. The Bertz CT molecular complexity index is 741. The first-order valence-electron chi connectivity index (χ1n) is 7.35. The number of nitrogens with two attached hydrogens (primary N) is 1. The average Bonchev–Trinajstić information content (AvgIpc) is 3.08. The molecule has 130 valence electrons. The number of thioether (sulfide) groups is 1. The van der Waals surface area contributed by atoms with Gasteiger partial charge in [-0.1, -0.05) is 18.7 Å². The number of aromatic nitrogens is 3. The van der Waals surface area contributed by atoms with E-state index in [1.807, 2.05) is 13.8 Å². The SMILES string of the molecule is CCOC(=O)c1c(NC(=O)CSc2nncn2N)sc(C)c1CC. The highest BCUT2D eigenvalue weighted by Crippen LogP contribution is 2.34. The average molecular weight is 369 g/mol. The smallest absolute Gasteiger partial charge is 0.341 e. The first-order chi connectivity index (χ1) is 11.5. The minimum atomic E-state index is -0.414. The highest BCUT2D eigenvalue weighted by molar-refractivity contribution is 7.99.